The van der Waals surface area contributed by atoms with E-state index in [-0.39, 0.29) is 24.6 Å². The van der Waals surface area contributed by atoms with Crippen LogP contribution in [0.3, 0.4) is 0 Å². The van der Waals surface area contributed by atoms with Gasteiger partial charge in [0.1, 0.15) is 6.04 Å². The summed E-state index contributed by atoms with van der Waals surface area (Å²) in [4.78, 5) is 11.8. The molecule has 1 aliphatic heterocycles. The zero-order chi connectivity index (χ0) is 11.5. The number of aliphatic hydroxyl groups is 1. The largest absolute Gasteiger partial charge is 0.394 e. The fourth-order valence-corrected chi connectivity index (χ4v) is 1.85. The fourth-order valence-electron chi connectivity index (χ4n) is 1.85. The van der Waals surface area contributed by atoms with Gasteiger partial charge in [-0.2, -0.15) is 0 Å². The summed E-state index contributed by atoms with van der Waals surface area (Å²) in [6, 6.07) is 7.49. The highest BCUT2D eigenvalue weighted by Crippen LogP contribution is 2.24. The minimum Gasteiger partial charge on any atom is -0.394 e. The molecule has 0 fully saturated rings. The molecule has 4 heteroatoms. The van der Waals surface area contributed by atoms with E-state index in [2.05, 4.69) is 10.6 Å². The van der Waals surface area contributed by atoms with E-state index < -0.39 is 0 Å². The Bertz CT molecular complexity index is 367. The third-order valence-electron chi connectivity index (χ3n) is 2.75. The standard InChI is InChI=1S/C12H16N2O2/c1-8(7-15)13-12(16)11-6-9-4-2-3-5-10(9)14-11/h2-5,8,11,14-15H,6-7H2,1H3,(H,13,16)/t8-,11?/m1/s1. The van der Waals surface area contributed by atoms with Crippen LogP contribution in [-0.4, -0.2) is 29.7 Å². The second kappa shape index (κ2) is 4.53. The first kappa shape index (κ1) is 11.0. The molecule has 1 heterocycles. The molecule has 1 unspecified atom stereocenters. The van der Waals surface area contributed by atoms with Crippen molar-refractivity contribution in [3.05, 3.63) is 29.8 Å². The average molecular weight is 220 g/mol. The van der Waals surface area contributed by atoms with E-state index >= 15 is 0 Å². The zero-order valence-electron chi connectivity index (χ0n) is 9.23. The second-order valence-electron chi connectivity index (χ2n) is 4.15. The minimum atomic E-state index is -0.216. The number of aliphatic hydroxyl groups excluding tert-OH is 1. The van der Waals surface area contributed by atoms with E-state index in [0.29, 0.717) is 6.42 Å². The van der Waals surface area contributed by atoms with E-state index in [9.17, 15) is 4.79 Å². The third-order valence-corrected chi connectivity index (χ3v) is 2.75. The molecule has 1 aliphatic rings. The lowest BCUT2D eigenvalue weighted by Gasteiger charge is -2.15. The zero-order valence-corrected chi connectivity index (χ0v) is 9.23. The van der Waals surface area contributed by atoms with Gasteiger partial charge in [-0.1, -0.05) is 18.2 Å². The molecule has 1 aromatic carbocycles. The average Bonchev–Trinajstić information content (AvgIpc) is 2.72. The van der Waals surface area contributed by atoms with Gasteiger partial charge in [0.2, 0.25) is 5.91 Å². The van der Waals surface area contributed by atoms with Gasteiger partial charge in [-0.25, -0.2) is 0 Å². The number of hydrogen-bond donors (Lipinski definition) is 3. The second-order valence-corrected chi connectivity index (χ2v) is 4.15. The SMILES string of the molecule is C[C@H](CO)NC(=O)C1Cc2ccccc2N1. The van der Waals surface area contributed by atoms with Crippen molar-refractivity contribution in [2.24, 2.45) is 0 Å². The van der Waals surface area contributed by atoms with Gasteiger partial charge in [0, 0.05) is 18.2 Å². The van der Waals surface area contributed by atoms with Crippen LogP contribution < -0.4 is 10.6 Å². The van der Waals surface area contributed by atoms with Gasteiger partial charge in [-0.3, -0.25) is 4.79 Å². The van der Waals surface area contributed by atoms with Crippen LogP contribution in [0.2, 0.25) is 0 Å². The molecule has 0 radical (unpaired) electrons. The maximum absolute atomic E-state index is 11.8. The quantitative estimate of drug-likeness (QED) is 0.696. The predicted molar refractivity (Wildman–Crippen MR) is 62.2 cm³/mol. The first-order valence-electron chi connectivity index (χ1n) is 5.46. The topological polar surface area (TPSA) is 61.4 Å². The van der Waals surface area contributed by atoms with E-state index in [1.807, 2.05) is 24.3 Å². The van der Waals surface area contributed by atoms with Crippen molar-refractivity contribution in [3.63, 3.8) is 0 Å². The van der Waals surface area contributed by atoms with Crippen molar-refractivity contribution in [2.45, 2.75) is 25.4 Å². The number of nitrogens with one attached hydrogen (secondary N) is 2. The molecular weight excluding hydrogens is 204 g/mol. The van der Waals surface area contributed by atoms with Crippen LogP contribution in [0.5, 0.6) is 0 Å². The van der Waals surface area contributed by atoms with E-state index in [0.717, 1.165) is 5.69 Å². The normalized spacial score (nSPS) is 19.8. The minimum absolute atomic E-state index is 0.0363. The Morgan fingerprint density at radius 3 is 3.06 bits per heavy atom. The molecule has 16 heavy (non-hydrogen) atoms. The number of anilines is 1. The van der Waals surface area contributed by atoms with Gasteiger partial charge in [0.05, 0.1) is 6.61 Å². The number of fused-ring (bicyclic) bond motifs is 1. The molecule has 0 bridgehead atoms. The lowest BCUT2D eigenvalue weighted by Crippen LogP contribution is -2.44. The monoisotopic (exact) mass is 220 g/mol. The maximum Gasteiger partial charge on any atom is 0.243 e. The van der Waals surface area contributed by atoms with Crippen LogP contribution in [0.25, 0.3) is 0 Å². The Morgan fingerprint density at radius 1 is 1.62 bits per heavy atom. The summed E-state index contributed by atoms with van der Waals surface area (Å²) in [5.41, 5.74) is 2.19. The van der Waals surface area contributed by atoms with E-state index in [1.54, 1.807) is 6.92 Å². The molecule has 1 aromatic rings. The molecule has 0 saturated heterocycles. The fraction of sp³-hybridized carbons (Fsp3) is 0.417. The Balaban J connectivity index is 1.98. The molecule has 1 amide bonds. The molecule has 0 saturated carbocycles. The number of hydrogen-bond acceptors (Lipinski definition) is 3. The summed E-state index contributed by atoms with van der Waals surface area (Å²) in [6.07, 6.45) is 0.708. The van der Waals surface area contributed by atoms with Crippen LogP contribution >= 0.6 is 0 Å². The summed E-state index contributed by atoms with van der Waals surface area (Å²) in [7, 11) is 0. The summed E-state index contributed by atoms with van der Waals surface area (Å²) >= 11 is 0. The molecule has 0 aliphatic carbocycles. The van der Waals surface area contributed by atoms with Crippen LogP contribution in [0.15, 0.2) is 24.3 Å². The Labute approximate surface area is 94.7 Å². The summed E-state index contributed by atoms with van der Waals surface area (Å²) < 4.78 is 0. The lowest BCUT2D eigenvalue weighted by atomic mass is 10.1. The van der Waals surface area contributed by atoms with Gasteiger partial charge >= 0.3 is 0 Å². The summed E-state index contributed by atoms with van der Waals surface area (Å²) in [5.74, 6) is -0.0576. The van der Waals surface area contributed by atoms with Gasteiger partial charge in [-0.05, 0) is 18.6 Å². The van der Waals surface area contributed by atoms with Gasteiger partial charge in [-0.15, -0.1) is 0 Å². The highest BCUT2D eigenvalue weighted by molar-refractivity contribution is 5.87. The Morgan fingerprint density at radius 2 is 2.38 bits per heavy atom. The van der Waals surface area contributed by atoms with Crippen molar-refractivity contribution in [1.82, 2.24) is 5.32 Å². The number of carbonyl (C=O) groups excluding carboxylic acids is 1. The summed E-state index contributed by atoms with van der Waals surface area (Å²) in [6.45, 7) is 1.74. The molecule has 0 aromatic heterocycles. The smallest absolute Gasteiger partial charge is 0.243 e. The number of benzene rings is 1. The number of amides is 1. The molecule has 2 rings (SSSR count). The van der Waals surface area contributed by atoms with E-state index in [1.165, 1.54) is 5.56 Å². The van der Waals surface area contributed by atoms with Crippen molar-refractivity contribution in [3.8, 4) is 0 Å². The first-order chi connectivity index (χ1) is 7.70. The van der Waals surface area contributed by atoms with Crippen molar-refractivity contribution in [2.75, 3.05) is 11.9 Å². The lowest BCUT2D eigenvalue weighted by molar-refractivity contribution is -0.122. The van der Waals surface area contributed by atoms with Crippen LogP contribution in [0.1, 0.15) is 12.5 Å². The highest BCUT2D eigenvalue weighted by Gasteiger charge is 2.26. The van der Waals surface area contributed by atoms with Gasteiger partial charge in [0.15, 0.2) is 0 Å². The van der Waals surface area contributed by atoms with Crippen molar-refractivity contribution >= 4 is 11.6 Å². The molecule has 4 nitrogen and oxygen atoms in total. The third kappa shape index (κ3) is 2.17. The molecule has 86 valence electrons. The van der Waals surface area contributed by atoms with Crippen LogP contribution in [0, 0.1) is 0 Å². The number of rotatable bonds is 3. The van der Waals surface area contributed by atoms with Crippen molar-refractivity contribution in [1.29, 1.82) is 0 Å². The number of carbonyl (C=O) groups is 1. The molecule has 0 spiro atoms. The molecule has 2 atom stereocenters. The molecular formula is C12H16N2O2. The van der Waals surface area contributed by atoms with Gasteiger partial charge in [0.25, 0.3) is 0 Å². The van der Waals surface area contributed by atoms with Crippen LogP contribution in [0.4, 0.5) is 5.69 Å². The van der Waals surface area contributed by atoms with Crippen LogP contribution in [-0.2, 0) is 11.2 Å². The predicted octanol–water partition coefficient (Wildman–Crippen LogP) is 0.520. The first-order valence-corrected chi connectivity index (χ1v) is 5.46. The Kier molecular flexibility index (Phi) is 3.10. The van der Waals surface area contributed by atoms with Crippen molar-refractivity contribution < 1.29 is 9.90 Å². The summed E-state index contributed by atoms with van der Waals surface area (Å²) in [5, 5.41) is 14.8. The highest BCUT2D eigenvalue weighted by atomic mass is 16.3. The number of para-hydroxylation sites is 1. The molecule has 3 N–H and O–H groups in total. The van der Waals surface area contributed by atoms with E-state index in [4.69, 9.17) is 5.11 Å². The van der Waals surface area contributed by atoms with Gasteiger partial charge < -0.3 is 15.7 Å². The Hall–Kier alpha value is -1.55. The maximum atomic E-state index is 11.8.